The first-order chi connectivity index (χ1) is 9.65. The van der Waals surface area contributed by atoms with Crippen molar-refractivity contribution in [2.24, 2.45) is 7.05 Å². The summed E-state index contributed by atoms with van der Waals surface area (Å²) in [5.41, 5.74) is 1.42. The fraction of sp³-hybridized carbons (Fsp3) is 0.429. The number of aromatic nitrogens is 4. The Kier molecular flexibility index (Phi) is 3.22. The molecule has 20 heavy (non-hydrogen) atoms. The summed E-state index contributed by atoms with van der Waals surface area (Å²) in [5, 5.41) is 0. The van der Waals surface area contributed by atoms with Crippen LogP contribution in [-0.4, -0.2) is 43.4 Å². The Morgan fingerprint density at radius 3 is 2.90 bits per heavy atom. The number of aryl methyl sites for hydroxylation is 2. The molecule has 1 fully saturated rings. The van der Waals surface area contributed by atoms with Crippen molar-refractivity contribution in [3.63, 3.8) is 0 Å². The van der Waals surface area contributed by atoms with Crippen LogP contribution in [0.5, 0.6) is 0 Å². The molecule has 1 amide bonds. The molecular formula is C14H17N5O. The first-order valence-corrected chi connectivity index (χ1v) is 6.70. The first-order valence-electron chi connectivity index (χ1n) is 6.70. The van der Waals surface area contributed by atoms with Crippen LogP contribution in [0.1, 0.15) is 34.3 Å². The fourth-order valence-corrected chi connectivity index (χ4v) is 2.74. The minimum Gasteiger partial charge on any atom is -0.337 e. The molecule has 3 rings (SSSR count). The van der Waals surface area contributed by atoms with Gasteiger partial charge < -0.3 is 9.47 Å². The molecule has 0 aromatic carbocycles. The van der Waals surface area contributed by atoms with Gasteiger partial charge >= 0.3 is 0 Å². The Morgan fingerprint density at radius 1 is 1.40 bits per heavy atom. The monoisotopic (exact) mass is 271 g/mol. The van der Waals surface area contributed by atoms with Gasteiger partial charge in [0.1, 0.15) is 11.5 Å². The number of amides is 1. The van der Waals surface area contributed by atoms with Crippen LogP contribution >= 0.6 is 0 Å². The van der Waals surface area contributed by atoms with E-state index in [9.17, 15) is 4.79 Å². The predicted molar refractivity (Wildman–Crippen MR) is 73.2 cm³/mol. The van der Waals surface area contributed by atoms with Gasteiger partial charge in [-0.15, -0.1) is 0 Å². The summed E-state index contributed by atoms with van der Waals surface area (Å²) >= 11 is 0. The summed E-state index contributed by atoms with van der Waals surface area (Å²) in [7, 11) is 2.00. The van der Waals surface area contributed by atoms with Gasteiger partial charge in [0.25, 0.3) is 5.91 Å². The lowest BCUT2D eigenvalue weighted by molar-refractivity contribution is 0.0784. The second kappa shape index (κ2) is 5.03. The zero-order chi connectivity index (χ0) is 14.1. The summed E-state index contributed by atoms with van der Waals surface area (Å²) in [6, 6.07) is 0. The van der Waals surface area contributed by atoms with Crippen LogP contribution in [0.4, 0.5) is 0 Å². The van der Waals surface area contributed by atoms with Gasteiger partial charge in [-0.1, -0.05) is 0 Å². The third-order valence-corrected chi connectivity index (χ3v) is 3.66. The minimum atomic E-state index is -0.0495. The number of hydrogen-bond donors (Lipinski definition) is 0. The quantitative estimate of drug-likeness (QED) is 0.822. The normalized spacial score (nSPS) is 18.5. The van der Waals surface area contributed by atoms with Crippen LogP contribution in [0.3, 0.4) is 0 Å². The number of rotatable bonds is 2. The molecule has 0 aliphatic carbocycles. The van der Waals surface area contributed by atoms with E-state index in [1.165, 1.54) is 6.20 Å². The number of likely N-dealkylation sites (tertiary alicyclic amines) is 1. The molecule has 2 aromatic rings. The molecule has 3 heterocycles. The Balaban J connectivity index is 1.74. The van der Waals surface area contributed by atoms with E-state index >= 15 is 0 Å². The molecule has 1 aliphatic rings. The van der Waals surface area contributed by atoms with E-state index in [4.69, 9.17) is 0 Å². The topological polar surface area (TPSA) is 63.9 Å². The average molecular weight is 271 g/mol. The summed E-state index contributed by atoms with van der Waals surface area (Å²) < 4.78 is 2.05. The third-order valence-electron chi connectivity index (χ3n) is 3.66. The highest BCUT2D eigenvalue weighted by atomic mass is 16.2. The van der Waals surface area contributed by atoms with Crippen molar-refractivity contribution < 1.29 is 4.79 Å². The second-order valence-corrected chi connectivity index (χ2v) is 5.18. The van der Waals surface area contributed by atoms with E-state index in [0.29, 0.717) is 18.2 Å². The number of carbonyl (C=O) groups excluding carboxylic acids is 1. The largest absolute Gasteiger partial charge is 0.337 e. The van der Waals surface area contributed by atoms with Crippen LogP contribution in [0, 0.1) is 6.92 Å². The number of carbonyl (C=O) groups is 1. The van der Waals surface area contributed by atoms with Gasteiger partial charge in [0.05, 0.1) is 11.9 Å². The molecule has 1 atom stereocenters. The molecule has 0 saturated carbocycles. The van der Waals surface area contributed by atoms with E-state index in [1.54, 1.807) is 12.4 Å². The molecule has 2 aromatic heterocycles. The van der Waals surface area contributed by atoms with Crippen molar-refractivity contribution in [3.8, 4) is 0 Å². The molecule has 1 aliphatic heterocycles. The van der Waals surface area contributed by atoms with Crippen LogP contribution in [0.25, 0.3) is 0 Å². The minimum absolute atomic E-state index is 0.0495. The zero-order valence-corrected chi connectivity index (χ0v) is 11.7. The van der Waals surface area contributed by atoms with Gasteiger partial charge in [-0.2, -0.15) is 0 Å². The molecule has 1 saturated heterocycles. The van der Waals surface area contributed by atoms with E-state index < -0.39 is 0 Å². The maximum absolute atomic E-state index is 12.3. The number of imidazole rings is 1. The van der Waals surface area contributed by atoms with Gasteiger partial charge in [0.15, 0.2) is 0 Å². The van der Waals surface area contributed by atoms with Crippen LogP contribution < -0.4 is 0 Å². The van der Waals surface area contributed by atoms with Crippen molar-refractivity contribution >= 4 is 5.91 Å². The van der Waals surface area contributed by atoms with Gasteiger partial charge in [0, 0.05) is 44.6 Å². The summed E-state index contributed by atoms with van der Waals surface area (Å²) in [6.45, 7) is 3.42. The molecule has 0 spiro atoms. The van der Waals surface area contributed by atoms with Crippen molar-refractivity contribution in [2.75, 3.05) is 13.1 Å². The van der Waals surface area contributed by atoms with Crippen molar-refractivity contribution in [1.29, 1.82) is 0 Å². The van der Waals surface area contributed by atoms with E-state index in [1.807, 2.05) is 25.1 Å². The Morgan fingerprint density at radius 2 is 2.25 bits per heavy atom. The Hall–Kier alpha value is -2.24. The molecule has 6 heteroatoms. The van der Waals surface area contributed by atoms with Gasteiger partial charge in [-0.05, 0) is 13.3 Å². The van der Waals surface area contributed by atoms with Crippen LogP contribution in [-0.2, 0) is 7.05 Å². The average Bonchev–Trinajstić information content (AvgIpc) is 3.05. The van der Waals surface area contributed by atoms with Gasteiger partial charge in [-0.3, -0.25) is 9.78 Å². The summed E-state index contributed by atoms with van der Waals surface area (Å²) in [5.74, 6) is 1.30. The molecule has 0 radical (unpaired) electrons. The molecule has 0 bridgehead atoms. The SMILES string of the molecule is Cc1cn(C)c([C@@H]2CCN(C(=O)c3cnccn3)C2)n1. The van der Waals surface area contributed by atoms with Crippen molar-refractivity contribution in [1.82, 2.24) is 24.4 Å². The lowest BCUT2D eigenvalue weighted by Crippen LogP contribution is -2.29. The zero-order valence-electron chi connectivity index (χ0n) is 11.7. The molecule has 0 N–H and O–H groups in total. The predicted octanol–water partition coefficient (Wildman–Crippen LogP) is 1.15. The van der Waals surface area contributed by atoms with E-state index in [0.717, 1.165) is 24.5 Å². The van der Waals surface area contributed by atoms with Crippen LogP contribution in [0.15, 0.2) is 24.8 Å². The summed E-state index contributed by atoms with van der Waals surface area (Å²) in [4.78, 5) is 26.7. The third kappa shape index (κ3) is 2.29. The highest BCUT2D eigenvalue weighted by molar-refractivity contribution is 5.92. The number of nitrogens with zero attached hydrogens (tertiary/aromatic N) is 5. The van der Waals surface area contributed by atoms with Crippen molar-refractivity contribution in [3.05, 3.63) is 42.0 Å². The van der Waals surface area contributed by atoms with Crippen LogP contribution in [0.2, 0.25) is 0 Å². The Bertz CT molecular complexity index is 622. The molecular weight excluding hydrogens is 254 g/mol. The lowest BCUT2D eigenvalue weighted by atomic mass is 10.1. The highest BCUT2D eigenvalue weighted by Crippen LogP contribution is 2.27. The Labute approximate surface area is 117 Å². The smallest absolute Gasteiger partial charge is 0.274 e. The number of hydrogen-bond acceptors (Lipinski definition) is 4. The fourth-order valence-electron chi connectivity index (χ4n) is 2.74. The molecule has 104 valence electrons. The van der Waals surface area contributed by atoms with Gasteiger partial charge in [0.2, 0.25) is 0 Å². The highest BCUT2D eigenvalue weighted by Gasteiger charge is 2.30. The standard InChI is InChI=1S/C14H17N5O/c1-10-8-18(2)13(17-10)11-3-6-19(9-11)14(20)12-7-15-4-5-16-12/h4-5,7-8,11H,3,6,9H2,1-2H3/t11-/m1/s1. The molecule has 0 unspecified atom stereocenters. The molecule has 6 nitrogen and oxygen atoms in total. The first kappa shape index (κ1) is 12.8. The summed E-state index contributed by atoms with van der Waals surface area (Å²) in [6.07, 6.45) is 7.59. The maximum atomic E-state index is 12.3. The van der Waals surface area contributed by atoms with Gasteiger partial charge in [-0.25, -0.2) is 9.97 Å². The lowest BCUT2D eigenvalue weighted by Gasteiger charge is -2.15. The van der Waals surface area contributed by atoms with E-state index in [2.05, 4.69) is 19.5 Å². The maximum Gasteiger partial charge on any atom is 0.274 e. The van der Waals surface area contributed by atoms with Crippen molar-refractivity contribution in [2.45, 2.75) is 19.3 Å². The second-order valence-electron chi connectivity index (χ2n) is 5.18. The van der Waals surface area contributed by atoms with E-state index in [-0.39, 0.29) is 5.91 Å².